The smallest absolute Gasteiger partial charge is 0.417 e. The number of furan rings is 1. The molecule has 2 aromatic rings. The van der Waals surface area contributed by atoms with E-state index in [0.717, 1.165) is 12.6 Å². The van der Waals surface area contributed by atoms with Crippen molar-refractivity contribution >= 4 is 15.9 Å². The van der Waals surface area contributed by atoms with Crippen molar-refractivity contribution in [1.29, 1.82) is 0 Å². The first-order valence-electron chi connectivity index (χ1n) is 6.08. The molecular weight excluding hydrogens is 335 g/mol. The van der Waals surface area contributed by atoms with Gasteiger partial charge in [0, 0.05) is 10.0 Å². The number of hydrogen-bond acceptors (Lipinski definition) is 2. The van der Waals surface area contributed by atoms with Crippen LogP contribution in [0, 0.1) is 0 Å². The number of hydrogen-bond donors (Lipinski definition) is 1. The minimum atomic E-state index is -4.42. The van der Waals surface area contributed by atoms with E-state index in [2.05, 4.69) is 21.2 Å². The summed E-state index contributed by atoms with van der Waals surface area (Å²) in [7, 11) is 0. The molecule has 108 valence electrons. The molecule has 0 radical (unpaired) electrons. The molecule has 1 heterocycles. The average Bonchev–Trinajstić information content (AvgIpc) is 2.84. The van der Waals surface area contributed by atoms with E-state index in [4.69, 9.17) is 4.42 Å². The maximum atomic E-state index is 13.0. The molecule has 2 nitrogen and oxygen atoms in total. The summed E-state index contributed by atoms with van der Waals surface area (Å²) in [4.78, 5) is 0. The molecule has 0 fully saturated rings. The molecule has 2 rings (SSSR count). The molecule has 1 aromatic heterocycles. The highest BCUT2D eigenvalue weighted by Crippen LogP contribution is 2.39. The highest BCUT2D eigenvalue weighted by molar-refractivity contribution is 9.10. The lowest BCUT2D eigenvalue weighted by molar-refractivity contribution is -0.137. The molecule has 0 unspecified atom stereocenters. The van der Waals surface area contributed by atoms with Crippen molar-refractivity contribution < 1.29 is 17.6 Å². The molecule has 6 heteroatoms. The van der Waals surface area contributed by atoms with Gasteiger partial charge in [0.15, 0.2) is 0 Å². The minimum Gasteiger partial charge on any atom is -0.460 e. The number of benzene rings is 1. The van der Waals surface area contributed by atoms with Crippen molar-refractivity contribution in [3.8, 4) is 11.3 Å². The quantitative estimate of drug-likeness (QED) is 0.856. The maximum absolute atomic E-state index is 13.0. The summed E-state index contributed by atoms with van der Waals surface area (Å²) >= 11 is 3.06. The van der Waals surface area contributed by atoms with Crippen LogP contribution in [0.3, 0.4) is 0 Å². The third kappa shape index (κ3) is 3.43. The standard InChI is InChI=1S/C14H13BrF3NO/c1-2-19-8-10-4-6-13(20-10)11-5-3-9(15)7-12(11)14(16,17)18/h3-7,19H,2,8H2,1H3. The second-order valence-electron chi connectivity index (χ2n) is 4.23. The molecule has 0 bridgehead atoms. The third-order valence-electron chi connectivity index (χ3n) is 2.76. The van der Waals surface area contributed by atoms with Gasteiger partial charge in [-0.3, -0.25) is 0 Å². The van der Waals surface area contributed by atoms with Gasteiger partial charge in [0.05, 0.1) is 12.1 Å². The molecule has 0 amide bonds. The van der Waals surface area contributed by atoms with Crippen LogP contribution >= 0.6 is 15.9 Å². The Bertz CT molecular complexity index is 592. The largest absolute Gasteiger partial charge is 0.460 e. The fourth-order valence-electron chi connectivity index (χ4n) is 1.83. The van der Waals surface area contributed by atoms with Crippen LogP contribution in [0.15, 0.2) is 39.2 Å². The molecule has 0 spiro atoms. The second kappa shape index (κ2) is 6.01. The highest BCUT2D eigenvalue weighted by atomic mass is 79.9. The maximum Gasteiger partial charge on any atom is 0.417 e. The van der Waals surface area contributed by atoms with Gasteiger partial charge in [-0.2, -0.15) is 13.2 Å². The number of nitrogens with one attached hydrogen (secondary N) is 1. The summed E-state index contributed by atoms with van der Waals surface area (Å²) < 4.78 is 45.0. The van der Waals surface area contributed by atoms with Crippen molar-refractivity contribution in [2.24, 2.45) is 0 Å². The Morgan fingerprint density at radius 3 is 2.60 bits per heavy atom. The SMILES string of the molecule is CCNCc1ccc(-c2ccc(Br)cc2C(F)(F)F)o1. The van der Waals surface area contributed by atoms with Gasteiger partial charge in [-0.15, -0.1) is 0 Å². The molecular formula is C14H13BrF3NO. The Kier molecular flexibility index (Phi) is 4.55. The Morgan fingerprint density at radius 1 is 1.20 bits per heavy atom. The van der Waals surface area contributed by atoms with Gasteiger partial charge in [0.1, 0.15) is 11.5 Å². The van der Waals surface area contributed by atoms with Crippen LogP contribution in [0.1, 0.15) is 18.2 Å². The monoisotopic (exact) mass is 347 g/mol. The van der Waals surface area contributed by atoms with E-state index >= 15 is 0 Å². The van der Waals surface area contributed by atoms with Gasteiger partial charge < -0.3 is 9.73 Å². The lowest BCUT2D eigenvalue weighted by atomic mass is 10.1. The summed E-state index contributed by atoms with van der Waals surface area (Å²) in [5.74, 6) is 0.829. The van der Waals surface area contributed by atoms with Crippen LogP contribution in [0.4, 0.5) is 13.2 Å². The third-order valence-corrected chi connectivity index (χ3v) is 3.26. The van der Waals surface area contributed by atoms with E-state index in [0.29, 0.717) is 16.8 Å². The molecule has 1 aromatic carbocycles. The first kappa shape index (κ1) is 15.1. The lowest BCUT2D eigenvalue weighted by Gasteiger charge is -2.11. The molecule has 0 saturated heterocycles. The predicted molar refractivity (Wildman–Crippen MR) is 74.2 cm³/mol. The van der Waals surface area contributed by atoms with Gasteiger partial charge in [0.25, 0.3) is 0 Å². The van der Waals surface area contributed by atoms with Crippen LogP contribution in [0.25, 0.3) is 11.3 Å². The number of rotatable bonds is 4. The van der Waals surface area contributed by atoms with E-state index in [1.165, 1.54) is 6.07 Å². The van der Waals surface area contributed by atoms with Crippen molar-refractivity contribution in [3.05, 3.63) is 46.1 Å². The Balaban J connectivity index is 2.39. The lowest BCUT2D eigenvalue weighted by Crippen LogP contribution is -2.10. The Morgan fingerprint density at radius 2 is 1.95 bits per heavy atom. The molecule has 0 aliphatic carbocycles. The van der Waals surface area contributed by atoms with Crippen LogP contribution < -0.4 is 5.32 Å². The molecule has 0 atom stereocenters. The van der Waals surface area contributed by atoms with Gasteiger partial charge in [0.2, 0.25) is 0 Å². The molecule has 0 aliphatic rings. The first-order valence-corrected chi connectivity index (χ1v) is 6.87. The molecule has 0 saturated carbocycles. The second-order valence-corrected chi connectivity index (χ2v) is 5.15. The van der Waals surface area contributed by atoms with E-state index < -0.39 is 11.7 Å². The summed E-state index contributed by atoms with van der Waals surface area (Å²) in [5.41, 5.74) is -0.667. The predicted octanol–water partition coefficient (Wildman–Crippen LogP) is 4.84. The molecule has 0 aliphatic heterocycles. The van der Waals surface area contributed by atoms with Crippen molar-refractivity contribution in [1.82, 2.24) is 5.32 Å². The van der Waals surface area contributed by atoms with Gasteiger partial charge >= 0.3 is 6.18 Å². The summed E-state index contributed by atoms with van der Waals surface area (Å²) in [6.07, 6.45) is -4.42. The topological polar surface area (TPSA) is 25.2 Å². The molecule has 1 N–H and O–H groups in total. The van der Waals surface area contributed by atoms with Crippen molar-refractivity contribution in [3.63, 3.8) is 0 Å². The first-order chi connectivity index (χ1) is 9.41. The van der Waals surface area contributed by atoms with Crippen molar-refractivity contribution in [2.75, 3.05) is 6.54 Å². The number of alkyl halides is 3. The van der Waals surface area contributed by atoms with Crippen LogP contribution in [-0.2, 0) is 12.7 Å². The fourth-order valence-corrected chi connectivity index (χ4v) is 2.19. The summed E-state index contributed by atoms with van der Waals surface area (Å²) in [5, 5.41) is 3.06. The van der Waals surface area contributed by atoms with E-state index in [9.17, 15) is 13.2 Å². The Labute approximate surface area is 123 Å². The van der Waals surface area contributed by atoms with E-state index in [-0.39, 0.29) is 11.3 Å². The minimum absolute atomic E-state index is 0.0449. The van der Waals surface area contributed by atoms with Crippen molar-refractivity contribution in [2.45, 2.75) is 19.6 Å². The zero-order chi connectivity index (χ0) is 14.8. The normalized spacial score (nSPS) is 11.8. The highest BCUT2D eigenvalue weighted by Gasteiger charge is 2.34. The van der Waals surface area contributed by atoms with Crippen LogP contribution in [-0.4, -0.2) is 6.54 Å². The van der Waals surface area contributed by atoms with Gasteiger partial charge in [-0.25, -0.2) is 0 Å². The van der Waals surface area contributed by atoms with Gasteiger partial charge in [-0.05, 0) is 36.9 Å². The Hall–Kier alpha value is -1.27. The summed E-state index contributed by atoms with van der Waals surface area (Å²) in [6, 6.07) is 7.27. The summed E-state index contributed by atoms with van der Waals surface area (Å²) in [6.45, 7) is 3.21. The zero-order valence-corrected chi connectivity index (χ0v) is 12.3. The van der Waals surface area contributed by atoms with E-state index in [1.807, 2.05) is 6.92 Å². The number of halogens is 4. The van der Waals surface area contributed by atoms with Crippen LogP contribution in [0.5, 0.6) is 0 Å². The van der Waals surface area contributed by atoms with Gasteiger partial charge in [-0.1, -0.05) is 22.9 Å². The molecule has 20 heavy (non-hydrogen) atoms. The van der Waals surface area contributed by atoms with E-state index in [1.54, 1.807) is 18.2 Å². The zero-order valence-electron chi connectivity index (χ0n) is 10.7. The fraction of sp³-hybridized carbons (Fsp3) is 0.286. The van der Waals surface area contributed by atoms with Crippen LogP contribution in [0.2, 0.25) is 0 Å². The average molecular weight is 348 g/mol.